The Balaban J connectivity index is 2.78. The monoisotopic (exact) mass is 181 g/mol. The van der Waals surface area contributed by atoms with Gasteiger partial charge in [0, 0.05) is 13.1 Å². The van der Waals surface area contributed by atoms with Crippen LogP contribution in [0.15, 0.2) is 16.7 Å². The smallest absolute Gasteiger partial charge is 0.289 e. The van der Waals surface area contributed by atoms with Crippen LogP contribution < -0.4 is 0 Å². The molecule has 72 valence electrons. The van der Waals surface area contributed by atoms with Crippen LogP contribution in [0, 0.1) is 6.92 Å². The van der Waals surface area contributed by atoms with Crippen molar-refractivity contribution >= 4 is 5.91 Å². The van der Waals surface area contributed by atoms with E-state index in [4.69, 9.17) is 4.42 Å². The first kappa shape index (κ1) is 9.84. The van der Waals surface area contributed by atoms with Crippen molar-refractivity contribution < 1.29 is 9.21 Å². The molecule has 0 unspecified atom stereocenters. The van der Waals surface area contributed by atoms with E-state index in [9.17, 15) is 4.79 Å². The number of rotatable bonds is 3. The molecule has 1 amide bonds. The van der Waals surface area contributed by atoms with Gasteiger partial charge in [-0.2, -0.15) is 0 Å². The van der Waals surface area contributed by atoms with Gasteiger partial charge >= 0.3 is 0 Å². The summed E-state index contributed by atoms with van der Waals surface area (Å²) in [5.74, 6) is 0.402. The minimum atomic E-state index is -0.0295. The zero-order valence-electron chi connectivity index (χ0n) is 8.33. The average Bonchev–Trinajstić information content (AvgIpc) is 2.54. The molecule has 1 heterocycles. The molecule has 0 spiro atoms. The second kappa shape index (κ2) is 4.12. The van der Waals surface area contributed by atoms with Gasteiger partial charge in [-0.15, -0.1) is 0 Å². The number of hydrogen-bond acceptors (Lipinski definition) is 2. The highest BCUT2D eigenvalue weighted by molar-refractivity contribution is 5.91. The van der Waals surface area contributed by atoms with Gasteiger partial charge in [-0.25, -0.2) is 0 Å². The molecular weight excluding hydrogens is 166 g/mol. The lowest BCUT2D eigenvalue weighted by Gasteiger charge is -2.16. The van der Waals surface area contributed by atoms with Crippen molar-refractivity contribution in [3.63, 3.8) is 0 Å². The highest BCUT2D eigenvalue weighted by atomic mass is 16.3. The maximum atomic E-state index is 11.7. The summed E-state index contributed by atoms with van der Waals surface area (Å²) in [6.45, 7) is 7.25. The molecule has 0 aliphatic carbocycles. The molecule has 0 atom stereocenters. The van der Waals surface area contributed by atoms with E-state index in [2.05, 4.69) is 0 Å². The van der Waals surface area contributed by atoms with Gasteiger partial charge in [-0.3, -0.25) is 4.79 Å². The lowest BCUT2D eigenvalue weighted by atomic mass is 10.3. The molecule has 1 aromatic rings. The minimum Gasteiger partial charge on any atom is -0.459 e. The van der Waals surface area contributed by atoms with Gasteiger partial charge in [0.1, 0.15) is 0 Å². The molecule has 1 aromatic heterocycles. The number of furan rings is 1. The van der Waals surface area contributed by atoms with E-state index < -0.39 is 0 Å². The van der Waals surface area contributed by atoms with Gasteiger partial charge in [0.05, 0.1) is 6.26 Å². The van der Waals surface area contributed by atoms with Crippen LogP contribution in [-0.4, -0.2) is 23.9 Å². The maximum absolute atomic E-state index is 11.7. The third kappa shape index (κ3) is 2.11. The molecule has 13 heavy (non-hydrogen) atoms. The first-order valence-corrected chi connectivity index (χ1v) is 4.53. The molecular formula is C10H15NO2. The minimum absolute atomic E-state index is 0.0295. The van der Waals surface area contributed by atoms with Gasteiger partial charge in [0.25, 0.3) is 5.91 Å². The molecule has 1 rings (SSSR count). The molecule has 0 saturated carbocycles. The molecule has 0 aliphatic heterocycles. The van der Waals surface area contributed by atoms with Crippen LogP contribution in [0.4, 0.5) is 0 Å². The van der Waals surface area contributed by atoms with Gasteiger partial charge in [0.2, 0.25) is 0 Å². The van der Waals surface area contributed by atoms with Crippen LogP contribution in [0.2, 0.25) is 0 Å². The summed E-state index contributed by atoms with van der Waals surface area (Å²) >= 11 is 0. The zero-order chi connectivity index (χ0) is 9.84. The van der Waals surface area contributed by atoms with Crippen LogP contribution in [-0.2, 0) is 0 Å². The Kier molecular flexibility index (Phi) is 3.12. The fourth-order valence-electron chi connectivity index (χ4n) is 1.21. The average molecular weight is 181 g/mol. The van der Waals surface area contributed by atoms with E-state index >= 15 is 0 Å². The molecule has 0 N–H and O–H groups in total. The topological polar surface area (TPSA) is 33.5 Å². The number of hydrogen-bond donors (Lipinski definition) is 0. The second-order valence-electron chi connectivity index (χ2n) is 2.97. The third-order valence-corrected chi connectivity index (χ3v) is 1.99. The summed E-state index contributed by atoms with van der Waals surface area (Å²) in [4.78, 5) is 13.4. The first-order chi connectivity index (χ1) is 6.19. The summed E-state index contributed by atoms with van der Waals surface area (Å²) in [5, 5.41) is 0. The third-order valence-electron chi connectivity index (χ3n) is 1.99. The van der Waals surface area contributed by atoms with Crippen molar-refractivity contribution in [3.8, 4) is 0 Å². The van der Waals surface area contributed by atoms with Crippen molar-refractivity contribution in [2.24, 2.45) is 0 Å². The zero-order valence-corrected chi connectivity index (χ0v) is 8.33. The molecule has 0 aromatic carbocycles. The van der Waals surface area contributed by atoms with Crippen molar-refractivity contribution in [3.05, 3.63) is 23.7 Å². The van der Waals surface area contributed by atoms with E-state index in [1.54, 1.807) is 17.2 Å². The van der Waals surface area contributed by atoms with Crippen LogP contribution in [0.3, 0.4) is 0 Å². The molecule has 0 radical (unpaired) electrons. The van der Waals surface area contributed by atoms with Crippen molar-refractivity contribution in [1.82, 2.24) is 4.90 Å². The summed E-state index contributed by atoms with van der Waals surface area (Å²) in [6, 6.07) is 1.76. The number of carbonyl (C=O) groups is 1. The molecule has 0 bridgehead atoms. The summed E-state index contributed by atoms with van der Waals surface area (Å²) in [6.07, 6.45) is 1.59. The fraction of sp³-hybridized carbons (Fsp3) is 0.500. The second-order valence-corrected chi connectivity index (χ2v) is 2.97. The largest absolute Gasteiger partial charge is 0.459 e. The molecule has 3 heteroatoms. The quantitative estimate of drug-likeness (QED) is 0.715. The predicted molar refractivity (Wildman–Crippen MR) is 50.7 cm³/mol. The summed E-state index contributed by atoms with van der Waals surface area (Å²) in [7, 11) is 0. The van der Waals surface area contributed by atoms with Crippen LogP contribution in [0.1, 0.15) is 30.0 Å². The normalized spacial score (nSPS) is 10.1. The van der Waals surface area contributed by atoms with Crippen molar-refractivity contribution in [2.75, 3.05) is 13.1 Å². The van der Waals surface area contributed by atoms with Crippen molar-refractivity contribution in [1.29, 1.82) is 0 Å². The van der Waals surface area contributed by atoms with E-state index in [0.29, 0.717) is 5.76 Å². The van der Waals surface area contributed by atoms with Crippen molar-refractivity contribution in [2.45, 2.75) is 20.8 Å². The number of carbonyl (C=O) groups excluding carboxylic acids is 1. The SMILES string of the molecule is CCN(CC)C(=O)c1cc(C)co1. The van der Waals surface area contributed by atoms with Crippen LogP contribution in [0.25, 0.3) is 0 Å². The number of nitrogens with zero attached hydrogens (tertiary/aromatic N) is 1. The Morgan fingerprint density at radius 2 is 2.08 bits per heavy atom. The molecule has 0 saturated heterocycles. The molecule has 0 aliphatic rings. The number of amides is 1. The Morgan fingerprint density at radius 1 is 1.46 bits per heavy atom. The standard InChI is InChI=1S/C10H15NO2/c1-4-11(5-2)10(12)9-6-8(3)7-13-9/h6-7H,4-5H2,1-3H3. The summed E-state index contributed by atoms with van der Waals surface area (Å²) in [5.41, 5.74) is 0.982. The van der Waals surface area contributed by atoms with Crippen LogP contribution >= 0.6 is 0 Å². The van der Waals surface area contributed by atoms with E-state index in [-0.39, 0.29) is 5.91 Å². The van der Waals surface area contributed by atoms with Gasteiger partial charge < -0.3 is 9.32 Å². The van der Waals surface area contributed by atoms with E-state index in [1.165, 1.54) is 0 Å². The number of aryl methyl sites for hydroxylation is 1. The van der Waals surface area contributed by atoms with E-state index in [1.807, 2.05) is 20.8 Å². The predicted octanol–water partition coefficient (Wildman–Crippen LogP) is 2.07. The lowest BCUT2D eigenvalue weighted by Crippen LogP contribution is -2.30. The summed E-state index contributed by atoms with van der Waals surface area (Å²) < 4.78 is 5.12. The Bertz CT molecular complexity index is 287. The van der Waals surface area contributed by atoms with E-state index in [0.717, 1.165) is 18.7 Å². The van der Waals surface area contributed by atoms with Gasteiger partial charge in [-0.1, -0.05) is 0 Å². The molecule has 3 nitrogen and oxygen atoms in total. The fourth-order valence-corrected chi connectivity index (χ4v) is 1.21. The highest BCUT2D eigenvalue weighted by Crippen LogP contribution is 2.09. The Hall–Kier alpha value is -1.25. The van der Waals surface area contributed by atoms with Gasteiger partial charge in [0.15, 0.2) is 5.76 Å². The van der Waals surface area contributed by atoms with Crippen LogP contribution in [0.5, 0.6) is 0 Å². The first-order valence-electron chi connectivity index (χ1n) is 4.53. The van der Waals surface area contributed by atoms with Gasteiger partial charge in [-0.05, 0) is 32.4 Å². The highest BCUT2D eigenvalue weighted by Gasteiger charge is 2.15. The lowest BCUT2D eigenvalue weighted by molar-refractivity contribution is 0.0741. The Morgan fingerprint density at radius 3 is 2.46 bits per heavy atom. The molecule has 0 fully saturated rings. The maximum Gasteiger partial charge on any atom is 0.289 e. The Labute approximate surface area is 78.3 Å².